The topological polar surface area (TPSA) is 125 Å². The minimum absolute atomic E-state index is 0.0303. The predicted molar refractivity (Wildman–Crippen MR) is 125 cm³/mol. The summed E-state index contributed by atoms with van der Waals surface area (Å²) in [6, 6.07) is 6.09. The minimum Gasteiger partial charge on any atom is -0.490 e. The van der Waals surface area contributed by atoms with E-state index in [0.29, 0.717) is 29.5 Å². The van der Waals surface area contributed by atoms with Crippen molar-refractivity contribution in [1.29, 1.82) is 0 Å². The first-order valence-corrected chi connectivity index (χ1v) is 11.5. The van der Waals surface area contributed by atoms with Crippen LogP contribution in [0.5, 0.6) is 17.2 Å². The summed E-state index contributed by atoms with van der Waals surface area (Å²) < 4.78 is 54.7. The molecule has 10 nitrogen and oxygen atoms in total. The van der Waals surface area contributed by atoms with Crippen LogP contribution in [0, 0.1) is 10.1 Å². The third-order valence-electron chi connectivity index (χ3n) is 4.73. The smallest absolute Gasteiger partial charge is 0.416 e. The number of carbonyl (C=O) groups excluding carboxylic acids is 3. The molecule has 2 aromatic rings. The molecule has 0 aromatic heterocycles. The molecule has 1 fully saturated rings. The number of ether oxygens (including phenoxy) is 3. The average molecular weight is 540 g/mol. The van der Waals surface area contributed by atoms with Gasteiger partial charge in [-0.1, -0.05) is 6.07 Å². The largest absolute Gasteiger partial charge is 0.490 e. The molecule has 1 heterocycles. The predicted octanol–water partition coefficient (Wildman–Crippen LogP) is 5.40. The highest BCUT2D eigenvalue weighted by Gasteiger charge is 2.37. The van der Waals surface area contributed by atoms with E-state index in [4.69, 9.17) is 14.2 Å². The summed E-state index contributed by atoms with van der Waals surface area (Å²) in [6.07, 6.45) is -3.40. The molecule has 0 atom stereocenters. The molecular weight excluding hydrogens is 521 g/mol. The van der Waals surface area contributed by atoms with E-state index in [1.54, 1.807) is 13.8 Å². The zero-order valence-corrected chi connectivity index (χ0v) is 20.2. The van der Waals surface area contributed by atoms with E-state index in [-0.39, 0.29) is 29.6 Å². The fourth-order valence-electron chi connectivity index (χ4n) is 3.13. The molecule has 196 valence electrons. The van der Waals surface area contributed by atoms with Crippen molar-refractivity contribution < 1.29 is 46.7 Å². The maximum atomic E-state index is 13.0. The Kier molecular flexibility index (Phi) is 8.42. The summed E-state index contributed by atoms with van der Waals surface area (Å²) in [7, 11) is 0. The zero-order valence-electron chi connectivity index (χ0n) is 19.4. The van der Waals surface area contributed by atoms with Gasteiger partial charge in [0.2, 0.25) is 5.75 Å². The lowest BCUT2D eigenvalue weighted by Gasteiger charge is -2.14. The van der Waals surface area contributed by atoms with Crippen molar-refractivity contribution in [3.05, 3.63) is 62.5 Å². The number of hydrogen-bond acceptors (Lipinski definition) is 9. The number of nitro benzene ring substituents is 1. The van der Waals surface area contributed by atoms with Gasteiger partial charge in [-0.25, -0.2) is 0 Å². The fourth-order valence-corrected chi connectivity index (χ4v) is 3.97. The Morgan fingerprint density at radius 1 is 1.08 bits per heavy atom. The Morgan fingerprint density at radius 3 is 2.41 bits per heavy atom. The number of rotatable bonds is 9. The van der Waals surface area contributed by atoms with E-state index < -0.39 is 51.8 Å². The standard InChI is InChI=1S/C23H19F3N2O8S/c1-3-34-18-9-13(10-19-21(30)27(22(31)37-19)12-20(29)35-4-2)5-7-17(18)36-16-8-6-14(23(24,25)26)11-15(16)28(32)33/h5-11H,3-4,12H2,1-2H3/b19-10+. The van der Waals surface area contributed by atoms with Crippen LogP contribution in [-0.2, 0) is 20.5 Å². The first kappa shape index (κ1) is 27.5. The Bertz CT molecular complexity index is 1280. The van der Waals surface area contributed by atoms with E-state index in [2.05, 4.69) is 0 Å². The quantitative estimate of drug-likeness (QED) is 0.178. The number of amides is 2. The Morgan fingerprint density at radius 2 is 1.78 bits per heavy atom. The van der Waals surface area contributed by atoms with Crippen LogP contribution in [-0.4, -0.2) is 46.7 Å². The van der Waals surface area contributed by atoms with Crippen molar-refractivity contribution in [2.75, 3.05) is 19.8 Å². The van der Waals surface area contributed by atoms with Crippen LogP contribution >= 0.6 is 11.8 Å². The number of hydrogen-bond donors (Lipinski definition) is 0. The Hall–Kier alpha value is -4.07. The SMILES string of the molecule is CCOC(=O)CN1C(=O)S/C(=C/c2ccc(Oc3ccc(C(F)(F)F)cc3[N+](=O)[O-])c(OCC)c2)C1=O. The van der Waals surface area contributed by atoms with Gasteiger partial charge in [-0.05, 0) is 61.5 Å². The van der Waals surface area contributed by atoms with Gasteiger partial charge in [-0.2, -0.15) is 13.2 Å². The molecule has 0 aliphatic carbocycles. The maximum absolute atomic E-state index is 13.0. The molecule has 3 rings (SSSR count). The van der Waals surface area contributed by atoms with Gasteiger partial charge in [0.1, 0.15) is 6.54 Å². The third kappa shape index (κ3) is 6.58. The molecular formula is C23H19F3N2O8S. The van der Waals surface area contributed by atoms with E-state index in [9.17, 15) is 37.7 Å². The Labute approximate surface area is 212 Å². The van der Waals surface area contributed by atoms with Crippen molar-refractivity contribution in [3.8, 4) is 17.2 Å². The first-order valence-electron chi connectivity index (χ1n) is 10.7. The average Bonchev–Trinajstić information content (AvgIpc) is 3.07. The van der Waals surface area contributed by atoms with Gasteiger partial charge in [0.15, 0.2) is 11.5 Å². The van der Waals surface area contributed by atoms with E-state index >= 15 is 0 Å². The van der Waals surface area contributed by atoms with Gasteiger partial charge < -0.3 is 14.2 Å². The van der Waals surface area contributed by atoms with Gasteiger partial charge in [0.25, 0.3) is 11.1 Å². The van der Waals surface area contributed by atoms with Gasteiger partial charge in [-0.15, -0.1) is 0 Å². The van der Waals surface area contributed by atoms with E-state index in [0.717, 1.165) is 11.0 Å². The fraction of sp³-hybridized carbons (Fsp3) is 0.261. The molecule has 0 bridgehead atoms. The van der Waals surface area contributed by atoms with E-state index in [1.807, 2.05) is 0 Å². The summed E-state index contributed by atoms with van der Waals surface area (Å²) in [6.45, 7) is 2.95. The van der Waals surface area contributed by atoms with Gasteiger partial charge in [-0.3, -0.25) is 29.4 Å². The number of esters is 1. The summed E-state index contributed by atoms with van der Waals surface area (Å²) in [5.74, 6) is -1.81. The molecule has 0 unspecified atom stereocenters. The summed E-state index contributed by atoms with van der Waals surface area (Å²) in [4.78, 5) is 47.6. The maximum Gasteiger partial charge on any atom is 0.416 e. The number of imide groups is 1. The molecule has 2 amide bonds. The minimum atomic E-state index is -4.78. The number of halogens is 3. The van der Waals surface area contributed by atoms with Crippen LogP contribution in [0.1, 0.15) is 25.0 Å². The highest BCUT2D eigenvalue weighted by Crippen LogP contribution is 2.41. The van der Waals surface area contributed by atoms with Gasteiger partial charge in [0.05, 0.1) is 28.6 Å². The van der Waals surface area contributed by atoms with Crippen LogP contribution in [0.25, 0.3) is 6.08 Å². The van der Waals surface area contributed by atoms with Crippen LogP contribution in [0.2, 0.25) is 0 Å². The number of benzene rings is 2. The van der Waals surface area contributed by atoms with Crippen molar-refractivity contribution in [2.45, 2.75) is 20.0 Å². The van der Waals surface area contributed by atoms with Crippen molar-refractivity contribution in [1.82, 2.24) is 4.90 Å². The molecule has 1 aliphatic rings. The summed E-state index contributed by atoms with van der Waals surface area (Å²) in [5.41, 5.74) is -1.71. The highest BCUT2D eigenvalue weighted by molar-refractivity contribution is 8.18. The van der Waals surface area contributed by atoms with Crippen LogP contribution in [0.15, 0.2) is 41.3 Å². The second-order valence-electron chi connectivity index (χ2n) is 7.25. The second kappa shape index (κ2) is 11.3. The number of carbonyl (C=O) groups is 3. The van der Waals surface area contributed by atoms with Crippen molar-refractivity contribution in [3.63, 3.8) is 0 Å². The molecule has 0 radical (unpaired) electrons. The van der Waals surface area contributed by atoms with Crippen LogP contribution in [0.4, 0.5) is 23.7 Å². The molecule has 0 spiro atoms. The molecule has 1 aliphatic heterocycles. The number of nitro groups is 1. The number of thioether (sulfide) groups is 1. The molecule has 2 aromatic carbocycles. The molecule has 0 saturated carbocycles. The Balaban J connectivity index is 1.89. The molecule has 37 heavy (non-hydrogen) atoms. The van der Waals surface area contributed by atoms with Gasteiger partial charge >= 0.3 is 17.8 Å². The lowest BCUT2D eigenvalue weighted by Crippen LogP contribution is -2.34. The highest BCUT2D eigenvalue weighted by atomic mass is 32.2. The molecule has 1 saturated heterocycles. The first-order chi connectivity index (χ1) is 17.4. The lowest BCUT2D eigenvalue weighted by molar-refractivity contribution is -0.385. The molecule has 0 N–H and O–H groups in total. The van der Waals surface area contributed by atoms with Gasteiger partial charge in [0, 0.05) is 6.07 Å². The normalized spacial score (nSPS) is 14.7. The van der Waals surface area contributed by atoms with Crippen LogP contribution in [0.3, 0.4) is 0 Å². The lowest BCUT2D eigenvalue weighted by atomic mass is 10.1. The van der Waals surface area contributed by atoms with Crippen LogP contribution < -0.4 is 9.47 Å². The summed E-state index contributed by atoms with van der Waals surface area (Å²) >= 11 is 0.623. The van der Waals surface area contributed by atoms with Crippen molar-refractivity contribution in [2.24, 2.45) is 0 Å². The number of alkyl halides is 3. The molecule has 14 heteroatoms. The number of nitrogens with zero attached hydrogens (tertiary/aromatic N) is 2. The van der Waals surface area contributed by atoms with Crippen molar-refractivity contribution >= 4 is 40.6 Å². The zero-order chi connectivity index (χ0) is 27.3. The van der Waals surface area contributed by atoms with E-state index in [1.165, 1.54) is 24.3 Å². The second-order valence-corrected chi connectivity index (χ2v) is 8.24. The third-order valence-corrected chi connectivity index (χ3v) is 5.64. The summed E-state index contributed by atoms with van der Waals surface area (Å²) in [5, 5.41) is 10.7. The monoisotopic (exact) mass is 540 g/mol.